The standard InChI is InChI=1S/C26H34N4O4/c1-4-20-9-5-6-11-23(20)29-26(33)30-14-12-21(13-15-30)28-25(32)24(27-18(2)31)17-19-8-7-10-22(16-19)34-3/h5-11,16,21,24H,4,12-15,17H2,1-3H3,(H,27,31)(H,28,32)(H,29,33)/t24-/m1/s1. The van der Waals surface area contributed by atoms with Gasteiger partial charge in [-0.1, -0.05) is 37.3 Å². The maximum Gasteiger partial charge on any atom is 0.321 e. The molecular formula is C26H34N4O4. The van der Waals surface area contributed by atoms with Crippen molar-refractivity contribution in [1.82, 2.24) is 15.5 Å². The molecule has 0 bridgehead atoms. The number of likely N-dealkylation sites (tertiary alicyclic amines) is 1. The Morgan fingerprint density at radius 1 is 1.09 bits per heavy atom. The molecule has 1 heterocycles. The van der Waals surface area contributed by atoms with Crippen molar-refractivity contribution in [3.05, 3.63) is 59.7 Å². The molecule has 1 fully saturated rings. The number of carbonyl (C=O) groups excluding carboxylic acids is 3. The van der Waals surface area contributed by atoms with Gasteiger partial charge in [-0.3, -0.25) is 9.59 Å². The van der Waals surface area contributed by atoms with Gasteiger partial charge in [0.25, 0.3) is 0 Å². The molecule has 8 nitrogen and oxygen atoms in total. The van der Waals surface area contributed by atoms with Crippen molar-refractivity contribution in [1.29, 1.82) is 0 Å². The minimum absolute atomic E-state index is 0.0546. The van der Waals surface area contributed by atoms with E-state index in [1.807, 2.05) is 48.5 Å². The highest BCUT2D eigenvalue weighted by Gasteiger charge is 2.27. The van der Waals surface area contributed by atoms with Crippen LogP contribution in [0.25, 0.3) is 0 Å². The zero-order chi connectivity index (χ0) is 24.5. The molecule has 0 radical (unpaired) electrons. The van der Waals surface area contributed by atoms with Gasteiger partial charge < -0.3 is 25.6 Å². The highest BCUT2D eigenvalue weighted by atomic mass is 16.5. The molecule has 2 aromatic carbocycles. The van der Waals surface area contributed by atoms with Crippen LogP contribution in [0.3, 0.4) is 0 Å². The first-order valence-electron chi connectivity index (χ1n) is 11.7. The van der Waals surface area contributed by atoms with Crippen LogP contribution in [0.5, 0.6) is 5.75 Å². The average molecular weight is 467 g/mol. The molecule has 1 saturated heterocycles. The molecule has 2 aromatic rings. The first kappa shape index (κ1) is 25.1. The third-order valence-electron chi connectivity index (χ3n) is 6.04. The number of amides is 4. The first-order valence-corrected chi connectivity index (χ1v) is 11.7. The van der Waals surface area contributed by atoms with Gasteiger partial charge >= 0.3 is 6.03 Å². The fourth-order valence-corrected chi connectivity index (χ4v) is 4.16. The maximum atomic E-state index is 13.0. The minimum atomic E-state index is -0.684. The lowest BCUT2D eigenvalue weighted by atomic mass is 10.0. The van der Waals surface area contributed by atoms with Crippen molar-refractivity contribution in [3.63, 3.8) is 0 Å². The SMILES string of the molecule is CCc1ccccc1NC(=O)N1CCC(NC(=O)[C@@H](Cc2cccc(OC)c2)NC(C)=O)CC1. The molecule has 0 aromatic heterocycles. The van der Waals surface area contributed by atoms with Crippen LogP contribution in [0.15, 0.2) is 48.5 Å². The lowest BCUT2D eigenvalue weighted by molar-refractivity contribution is -0.128. The number of nitrogens with zero attached hydrogens (tertiary/aromatic N) is 1. The second kappa shape index (κ2) is 12.1. The van der Waals surface area contributed by atoms with Crippen LogP contribution >= 0.6 is 0 Å². The summed E-state index contributed by atoms with van der Waals surface area (Å²) >= 11 is 0. The molecule has 4 amide bonds. The summed E-state index contributed by atoms with van der Waals surface area (Å²) < 4.78 is 5.25. The highest BCUT2D eigenvalue weighted by Crippen LogP contribution is 2.18. The Balaban J connectivity index is 1.54. The number of hydrogen-bond donors (Lipinski definition) is 3. The summed E-state index contributed by atoms with van der Waals surface area (Å²) in [5, 5.41) is 8.82. The maximum absolute atomic E-state index is 13.0. The second-order valence-corrected chi connectivity index (χ2v) is 8.52. The smallest absolute Gasteiger partial charge is 0.321 e. The summed E-state index contributed by atoms with van der Waals surface area (Å²) in [4.78, 5) is 39.2. The van der Waals surface area contributed by atoms with E-state index in [0.717, 1.165) is 23.2 Å². The van der Waals surface area contributed by atoms with E-state index < -0.39 is 6.04 Å². The minimum Gasteiger partial charge on any atom is -0.497 e. The molecule has 1 aliphatic rings. The van der Waals surface area contributed by atoms with Gasteiger partial charge in [0.05, 0.1) is 7.11 Å². The van der Waals surface area contributed by atoms with Gasteiger partial charge in [0.2, 0.25) is 11.8 Å². The van der Waals surface area contributed by atoms with Crippen molar-refractivity contribution >= 4 is 23.5 Å². The van der Waals surface area contributed by atoms with E-state index in [9.17, 15) is 14.4 Å². The molecular weight excluding hydrogens is 432 g/mol. The number of rotatable bonds is 8. The van der Waals surface area contributed by atoms with Gasteiger partial charge in [-0.2, -0.15) is 0 Å². The second-order valence-electron chi connectivity index (χ2n) is 8.52. The van der Waals surface area contributed by atoms with Crippen LogP contribution in [0.4, 0.5) is 10.5 Å². The Bertz CT molecular complexity index is 1000. The molecule has 1 atom stereocenters. The molecule has 8 heteroatoms. The van der Waals surface area contributed by atoms with Gasteiger partial charge in [-0.25, -0.2) is 4.79 Å². The number of benzene rings is 2. The summed E-state index contributed by atoms with van der Waals surface area (Å²) in [5.41, 5.74) is 2.83. The summed E-state index contributed by atoms with van der Waals surface area (Å²) in [6, 6.07) is 14.4. The lowest BCUT2D eigenvalue weighted by Gasteiger charge is -2.33. The molecule has 0 aliphatic carbocycles. The van der Waals surface area contributed by atoms with E-state index in [-0.39, 0.29) is 23.9 Å². The van der Waals surface area contributed by atoms with E-state index in [2.05, 4.69) is 22.9 Å². The number of piperidine rings is 1. The molecule has 3 rings (SSSR count). The fraction of sp³-hybridized carbons (Fsp3) is 0.423. The summed E-state index contributed by atoms with van der Waals surface area (Å²) in [5.74, 6) is 0.214. The first-order chi connectivity index (χ1) is 16.4. The van der Waals surface area contributed by atoms with Crippen molar-refractivity contribution in [2.45, 2.75) is 51.6 Å². The van der Waals surface area contributed by atoms with Gasteiger partial charge in [0.1, 0.15) is 11.8 Å². The zero-order valence-electron chi connectivity index (χ0n) is 20.1. The number of hydrogen-bond acceptors (Lipinski definition) is 4. The Morgan fingerprint density at radius 3 is 2.50 bits per heavy atom. The van der Waals surface area contributed by atoms with E-state index in [1.54, 1.807) is 12.0 Å². The number of methoxy groups -OCH3 is 1. The van der Waals surface area contributed by atoms with Crippen LogP contribution in [0.1, 0.15) is 37.8 Å². The number of para-hydroxylation sites is 1. The number of nitrogens with one attached hydrogen (secondary N) is 3. The van der Waals surface area contributed by atoms with Gasteiger partial charge in [-0.05, 0) is 48.6 Å². The summed E-state index contributed by atoms with van der Waals surface area (Å²) in [7, 11) is 1.59. The molecule has 3 N–H and O–H groups in total. The Kier molecular flexibility index (Phi) is 8.90. The third-order valence-corrected chi connectivity index (χ3v) is 6.04. The summed E-state index contributed by atoms with van der Waals surface area (Å²) in [6.45, 7) is 4.55. The number of ether oxygens (including phenoxy) is 1. The molecule has 1 aliphatic heterocycles. The summed E-state index contributed by atoms with van der Waals surface area (Å²) in [6.07, 6.45) is 2.51. The quantitative estimate of drug-likeness (QED) is 0.557. The van der Waals surface area contributed by atoms with Gasteiger partial charge in [-0.15, -0.1) is 0 Å². The topological polar surface area (TPSA) is 99.8 Å². The van der Waals surface area contributed by atoms with Crippen LogP contribution in [-0.4, -0.2) is 55.0 Å². The van der Waals surface area contributed by atoms with E-state index in [1.165, 1.54) is 6.92 Å². The molecule has 0 saturated carbocycles. The zero-order valence-corrected chi connectivity index (χ0v) is 20.1. The predicted octanol–water partition coefficient (Wildman–Crippen LogP) is 3.12. The van der Waals surface area contributed by atoms with Crippen molar-refractivity contribution < 1.29 is 19.1 Å². The van der Waals surface area contributed by atoms with Gasteiger partial charge in [0, 0.05) is 38.2 Å². The molecule has 182 valence electrons. The Labute approximate surface area is 201 Å². The normalized spacial score (nSPS) is 14.7. The van der Waals surface area contributed by atoms with Crippen molar-refractivity contribution in [3.8, 4) is 5.75 Å². The monoisotopic (exact) mass is 466 g/mol. The van der Waals surface area contributed by atoms with E-state index in [4.69, 9.17) is 4.74 Å². The third kappa shape index (κ3) is 6.97. The van der Waals surface area contributed by atoms with Crippen molar-refractivity contribution in [2.24, 2.45) is 0 Å². The molecule has 0 spiro atoms. The van der Waals surface area contributed by atoms with Crippen LogP contribution in [0, 0.1) is 0 Å². The molecule has 0 unspecified atom stereocenters. The van der Waals surface area contributed by atoms with E-state index >= 15 is 0 Å². The number of urea groups is 1. The van der Waals surface area contributed by atoms with Crippen molar-refractivity contribution in [2.75, 3.05) is 25.5 Å². The van der Waals surface area contributed by atoms with E-state index in [0.29, 0.717) is 38.1 Å². The Hall–Kier alpha value is -3.55. The van der Waals surface area contributed by atoms with Gasteiger partial charge in [0.15, 0.2) is 0 Å². The van der Waals surface area contributed by atoms with Crippen LogP contribution < -0.4 is 20.7 Å². The lowest BCUT2D eigenvalue weighted by Crippen LogP contribution is -2.53. The Morgan fingerprint density at radius 2 is 1.82 bits per heavy atom. The largest absolute Gasteiger partial charge is 0.497 e. The van der Waals surface area contributed by atoms with Crippen LogP contribution in [-0.2, 0) is 22.4 Å². The number of aryl methyl sites for hydroxylation is 1. The van der Waals surface area contributed by atoms with Crippen LogP contribution in [0.2, 0.25) is 0 Å². The average Bonchev–Trinajstić information content (AvgIpc) is 2.84. The number of carbonyl (C=O) groups is 3. The predicted molar refractivity (Wildman–Crippen MR) is 132 cm³/mol. The fourth-order valence-electron chi connectivity index (χ4n) is 4.16. The number of anilines is 1. The molecule has 34 heavy (non-hydrogen) atoms. The highest BCUT2D eigenvalue weighted by molar-refractivity contribution is 5.90.